The van der Waals surface area contributed by atoms with Gasteiger partial charge < -0.3 is 19.3 Å². The fourth-order valence-electron chi connectivity index (χ4n) is 9.08. The number of pyridine rings is 1. The lowest BCUT2D eigenvalue weighted by atomic mass is 9.90. The van der Waals surface area contributed by atoms with E-state index in [-0.39, 0.29) is 23.6 Å². The molecule has 1 aromatic carbocycles. The van der Waals surface area contributed by atoms with Crippen LogP contribution in [0.2, 0.25) is 0 Å². The van der Waals surface area contributed by atoms with Crippen molar-refractivity contribution in [2.75, 3.05) is 69.7 Å². The maximum absolute atomic E-state index is 13.1. The molecule has 6 heterocycles. The van der Waals surface area contributed by atoms with Gasteiger partial charge in [-0.05, 0) is 93.3 Å². The Morgan fingerprint density at radius 3 is 2.24 bits per heavy atom. The topological polar surface area (TPSA) is 120 Å². The van der Waals surface area contributed by atoms with Crippen LogP contribution in [-0.2, 0) is 22.4 Å². The van der Waals surface area contributed by atoms with Crippen molar-refractivity contribution in [1.29, 1.82) is 0 Å². The van der Waals surface area contributed by atoms with Gasteiger partial charge in [0, 0.05) is 95.2 Å². The molecule has 0 spiro atoms. The molecule has 1 unspecified atom stereocenters. The number of nitrogens with zero attached hydrogens (tertiary/aromatic N) is 8. The Bertz CT molecular complexity index is 1970. The van der Waals surface area contributed by atoms with Crippen molar-refractivity contribution >= 4 is 40.1 Å². The number of imide groups is 1. The molecule has 0 radical (unpaired) electrons. The van der Waals surface area contributed by atoms with Crippen LogP contribution in [0.1, 0.15) is 97.3 Å². The van der Waals surface area contributed by atoms with Crippen molar-refractivity contribution in [1.82, 2.24) is 34.6 Å². The molecule has 3 aliphatic heterocycles. The third kappa shape index (κ3) is 8.39. The van der Waals surface area contributed by atoms with Crippen molar-refractivity contribution in [3.63, 3.8) is 0 Å². The predicted octanol–water partition coefficient (Wildman–Crippen LogP) is 5.38. The van der Waals surface area contributed by atoms with Gasteiger partial charge in [0.15, 0.2) is 0 Å². The monoisotopic (exact) mass is 745 g/mol. The van der Waals surface area contributed by atoms with E-state index in [4.69, 9.17) is 9.97 Å². The Labute approximate surface area is 324 Å². The molecule has 8 rings (SSSR count). The summed E-state index contributed by atoms with van der Waals surface area (Å²) in [5.41, 5.74) is 6.03. The second-order valence-electron chi connectivity index (χ2n) is 16.3. The number of piperidine rings is 2. The van der Waals surface area contributed by atoms with E-state index in [1.807, 2.05) is 18.5 Å². The SMILES string of the molecule is CN(C)C(=O)c1cc2cnc(CCc3ccc(N4CCN(CCC5CCN(c6ccc(C7CCC(=O)NC7=O)cc6)CC5)CC4)cn3)nc2n1C1CCCC1. The Morgan fingerprint density at radius 2 is 1.55 bits per heavy atom. The van der Waals surface area contributed by atoms with Crippen LogP contribution in [0, 0.1) is 5.92 Å². The van der Waals surface area contributed by atoms with Gasteiger partial charge in [-0.1, -0.05) is 25.0 Å². The standard InChI is InChI=1S/C43H55N9O3/c1-48(2)43(55)38-27-32-28-45-39(46-41(32)52(38)35-5-3-4-6-35)15-10-33-9-13-36(29-44-33)51-25-23-49(24-26-51)20-17-30-18-21-50(22-19-30)34-11-7-31(8-12-34)37-14-16-40(53)47-42(37)54/h7-9,11-13,27-30,35,37H,3-6,10,14-26H2,1-2H3,(H,47,53,54). The average Bonchev–Trinajstić information content (AvgIpc) is 3.88. The minimum Gasteiger partial charge on any atom is -0.372 e. The molecule has 3 amide bonds. The Balaban J connectivity index is 0.772. The summed E-state index contributed by atoms with van der Waals surface area (Å²) in [5.74, 6) is 0.988. The average molecular weight is 746 g/mol. The first-order valence-electron chi connectivity index (χ1n) is 20.5. The molecule has 12 nitrogen and oxygen atoms in total. The van der Waals surface area contributed by atoms with Crippen molar-refractivity contribution in [2.24, 2.45) is 5.92 Å². The van der Waals surface area contributed by atoms with Crippen LogP contribution < -0.4 is 15.1 Å². The number of aryl methyl sites for hydroxylation is 2. The maximum Gasteiger partial charge on any atom is 0.270 e. The van der Waals surface area contributed by atoms with Gasteiger partial charge >= 0.3 is 0 Å². The molecule has 1 N–H and O–H groups in total. The lowest BCUT2D eigenvalue weighted by molar-refractivity contribution is -0.134. The first kappa shape index (κ1) is 37.1. The molecule has 4 aromatic rings. The number of carbonyl (C=O) groups excluding carboxylic acids is 3. The van der Waals surface area contributed by atoms with Gasteiger partial charge in [0.05, 0.1) is 17.8 Å². The highest BCUT2D eigenvalue weighted by Crippen LogP contribution is 2.35. The molecule has 1 atom stereocenters. The highest BCUT2D eigenvalue weighted by atomic mass is 16.2. The molecule has 4 aliphatic rings. The van der Waals surface area contributed by atoms with Crippen LogP contribution in [-0.4, -0.2) is 107 Å². The second kappa shape index (κ2) is 16.5. The minimum atomic E-state index is -0.228. The molecule has 290 valence electrons. The second-order valence-corrected chi connectivity index (χ2v) is 16.3. The number of amides is 3. The van der Waals surface area contributed by atoms with Crippen LogP contribution in [0.25, 0.3) is 11.0 Å². The van der Waals surface area contributed by atoms with Gasteiger partial charge in [0.1, 0.15) is 17.2 Å². The number of benzene rings is 1. The number of aromatic nitrogens is 4. The van der Waals surface area contributed by atoms with E-state index in [0.717, 1.165) is 99.1 Å². The van der Waals surface area contributed by atoms with Crippen LogP contribution in [0.4, 0.5) is 11.4 Å². The molecular weight excluding hydrogens is 691 g/mol. The van der Waals surface area contributed by atoms with E-state index in [1.165, 1.54) is 43.5 Å². The molecule has 3 saturated heterocycles. The van der Waals surface area contributed by atoms with Crippen LogP contribution >= 0.6 is 0 Å². The summed E-state index contributed by atoms with van der Waals surface area (Å²) in [4.78, 5) is 60.6. The van der Waals surface area contributed by atoms with Crippen molar-refractivity contribution < 1.29 is 14.4 Å². The Kier molecular flexibility index (Phi) is 11.1. The van der Waals surface area contributed by atoms with Crippen molar-refractivity contribution in [2.45, 2.75) is 82.6 Å². The fourth-order valence-corrected chi connectivity index (χ4v) is 9.08. The summed E-state index contributed by atoms with van der Waals surface area (Å²) >= 11 is 0. The summed E-state index contributed by atoms with van der Waals surface area (Å²) in [6.45, 7) is 7.46. The number of fused-ring (bicyclic) bond motifs is 1. The van der Waals surface area contributed by atoms with Crippen LogP contribution in [0.3, 0.4) is 0 Å². The molecule has 1 aliphatic carbocycles. The zero-order valence-electron chi connectivity index (χ0n) is 32.5. The number of carbonyl (C=O) groups is 3. The lowest BCUT2D eigenvalue weighted by Crippen LogP contribution is -2.47. The molecule has 12 heteroatoms. The summed E-state index contributed by atoms with van der Waals surface area (Å²) in [7, 11) is 3.61. The highest BCUT2D eigenvalue weighted by Gasteiger charge is 2.29. The van der Waals surface area contributed by atoms with Crippen LogP contribution in [0.5, 0.6) is 0 Å². The van der Waals surface area contributed by atoms with E-state index in [9.17, 15) is 14.4 Å². The van der Waals surface area contributed by atoms with Gasteiger partial charge in [-0.25, -0.2) is 9.97 Å². The normalized spacial score (nSPS) is 20.4. The van der Waals surface area contributed by atoms with E-state index in [1.54, 1.807) is 19.0 Å². The molecule has 4 fully saturated rings. The Hall–Kier alpha value is -4.84. The highest BCUT2D eigenvalue weighted by molar-refractivity contribution is 6.01. The van der Waals surface area contributed by atoms with E-state index >= 15 is 0 Å². The quantitative estimate of drug-likeness (QED) is 0.202. The molecule has 55 heavy (non-hydrogen) atoms. The van der Waals surface area contributed by atoms with Gasteiger partial charge in [-0.15, -0.1) is 0 Å². The number of anilines is 2. The molecule has 3 aromatic heterocycles. The maximum atomic E-state index is 13.1. The lowest BCUT2D eigenvalue weighted by Gasteiger charge is -2.38. The molecular formula is C43H55N9O3. The summed E-state index contributed by atoms with van der Waals surface area (Å²) in [5, 5.41) is 3.40. The van der Waals surface area contributed by atoms with Crippen molar-refractivity contribution in [3.05, 3.63) is 77.6 Å². The number of hydrogen-bond acceptors (Lipinski definition) is 9. The van der Waals surface area contributed by atoms with E-state index in [2.05, 4.69) is 66.0 Å². The number of piperazine rings is 1. The minimum absolute atomic E-state index is 0.0140. The molecule has 1 saturated carbocycles. The zero-order valence-corrected chi connectivity index (χ0v) is 32.5. The summed E-state index contributed by atoms with van der Waals surface area (Å²) in [6.07, 6.45) is 14.6. The van der Waals surface area contributed by atoms with Gasteiger partial charge in [0.2, 0.25) is 11.8 Å². The first-order chi connectivity index (χ1) is 26.8. The number of hydrogen-bond donors (Lipinski definition) is 1. The van der Waals surface area contributed by atoms with E-state index in [0.29, 0.717) is 31.0 Å². The zero-order chi connectivity index (χ0) is 37.9. The third-order valence-corrected chi connectivity index (χ3v) is 12.5. The predicted molar refractivity (Wildman–Crippen MR) is 214 cm³/mol. The largest absolute Gasteiger partial charge is 0.372 e. The van der Waals surface area contributed by atoms with Gasteiger partial charge in [0.25, 0.3) is 5.91 Å². The van der Waals surface area contributed by atoms with Gasteiger partial charge in [-0.2, -0.15) is 0 Å². The Morgan fingerprint density at radius 1 is 0.818 bits per heavy atom. The third-order valence-electron chi connectivity index (χ3n) is 12.5. The fraction of sp³-hybridized carbons (Fsp3) is 0.535. The number of rotatable bonds is 11. The van der Waals surface area contributed by atoms with Gasteiger partial charge in [-0.3, -0.25) is 29.6 Å². The summed E-state index contributed by atoms with van der Waals surface area (Å²) in [6, 6.07) is 15.0. The van der Waals surface area contributed by atoms with Crippen LogP contribution in [0.15, 0.2) is 54.9 Å². The summed E-state index contributed by atoms with van der Waals surface area (Å²) < 4.78 is 2.18. The van der Waals surface area contributed by atoms with Crippen molar-refractivity contribution in [3.8, 4) is 0 Å². The van der Waals surface area contributed by atoms with E-state index < -0.39 is 0 Å². The smallest absolute Gasteiger partial charge is 0.270 e. The number of nitrogens with one attached hydrogen (secondary N) is 1. The first-order valence-corrected chi connectivity index (χ1v) is 20.5. The molecule has 0 bridgehead atoms.